The number of nitrogens with zero attached hydrogens (tertiary/aromatic N) is 4. The van der Waals surface area contributed by atoms with E-state index in [2.05, 4.69) is 65.2 Å². The van der Waals surface area contributed by atoms with Crippen LogP contribution in [-0.4, -0.2) is 67.7 Å². The quantitative estimate of drug-likeness (QED) is 0.530. The van der Waals surface area contributed by atoms with Crippen molar-refractivity contribution in [1.29, 1.82) is 0 Å². The third-order valence-electron chi connectivity index (χ3n) is 6.13. The number of rotatable bonds is 7. The lowest BCUT2D eigenvalue weighted by atomic mass is 9.97. The molecule has 1 aromatic heterocycles. The van der Waals surface area contributed by atoms with Crippen LogP contribution in [0.15, 0.2) is 23.3 Å². The predicted octanol–water partition coefficient (Wildman–Crippen LogP) is 3.28. The van der Waals surface area contributed by atoms with Crippen LogP contribution in [0, 0.1) is 18.8 Å². The number of aromatic nitrogens is 1. The molecule has 0 saturated carbocycles. The maximum absolute atomic E-state index is 4.97. The molecule has 1 unspecified atom stereocenters. The molecule has 168 valence electrons. The fraction of sp³-hybridized carbons (Fsp3) is 0.750. The molecular weight excluding hydrogens is 372 g/mol. The monoisotopic (exact) mass is 414 g/mol. The van der Waals surface area contributed by atoms with Gasteiger partial charge in [0, 0.05) is 51.5 Å². The van der Waals surface area contributed by atoms with Crippen molar-refractivity contribution in [3.8, 4) is 0 Å². The van der Waals surface area contributed by atoms with E-state index in [0.29, 0.717) is 12.0 Å². The Hall–Kier alpha value is -1.82. The standard InChI is InChI=1S/C24H42N6/c1-5-25-24(27-16-21-7-6-12-29(18-21)17-19(2)3)28-22-10-13-30(14-11-22)23-9-8-20(4)15-26-23/h8-9,15,19,21-22H,5-7,10-14,16-18H2,1-4H3,(H2,25,27,28). The van der Waals surface area contributed by atoms with Crippen LogP contribution in [0.1, 0.15) is 52.0 Å². The van der Waals surface area contributed by atoms with E-state index in [1.807, 2.05) is 6.20 Å². The first-order valence-electron chi connectivity index (χ1n) is 12.0. The van der Waals surface area contributed by atoms with Crippen LogP contribution in [0.4, 0.5) is 5.82 Å². The number of aliphatic imine (C=N–C) groups is 1. The fourth-order valence-corrected chi connectivity index (χ4v) is 4.62. The van der Waals surface area contributed by atoms with Crippen molar-refractivity contribution < 1.29 is 0 Å². The Bertz CT molecular complexity index is 648. The Morgan fingerprint density at radius 2 is 2.00 bits per heavy atom. The van der Waals surface area contributed by atoms with Gasteiger partial charge in [0.2, 0.25) is 0 Å². The lowest BCUT2D eigenvalue weighted by molar-refractivity contribution is 0.162. The summed E-state index contributed by atoms with van der Waals surface area (Å²) in [6.45, 7) is 16.4. The molecule has 0 aliphatic carbocycles. The van der Waals surface area contributed by atoms with E-state index in [4.69, 9.17) is 4.99 Å². The number of pyridine rings is 1. The summed E-state index contributed by atoms with van der Waals surface area (Å²) in [6.07, 6.45) is 6.81. The average molecular weight is 415 g/mol. The first-order valence-corrected chi connectivity index (χ1v) is 12.0. The van der Waals surface area contributed by atoms with Gasteiger partial charge in [0.25, 0.3) is 0 Å². The number of anilines is 1. The van der Waals surface area contributed by atoms with Crippen LogP contribution in [0.5, 0.6) is 0 Å². The highest BCUT2D eigenvalue weighted by atomic mass is 15.2. The predicted molar refractivity (Wildman–Crippen MR) is 127 cm³/mol. The molecule has 0 radical (unpaired) electrons. The number of guanidine groups is 1. The zero-order chi connectivity index (χ0) is 21.3. The van der Waals surface area contributed by atoms with Crippen LogP contribution in [0.25, 0.3) is 0 Å². The van der Waals surface area contributed by atoms with E-state index >= 15 is 0 Å². The second-order valence-corrected chi connectivity index (χ2v) is 9.48. The van der Waals surface area contributed by atoms with Crippen molar-refractivity contribution in [3.05, 3.63) is 23.9 Å². The third-order valence-corrected chi connectivity index (χ3v) is 6.13. The molecule has 3 heterocycles. The van der Waals surface area contributed by atoms with Crippen molar-refractivity contribution in [2.24, 2.45) is 16.8 Å². The highest BCUT2D eigenvalue weighted by Gasteiger charge is 2.22. The van der Waals surface area contributed by atoms with Gasteiger partial charge >= 0.3 is 0 Å². The summed E-state index contributed by atoms with van der Waals surface area (Å²) < 4.78 is 0. The minimum absolute atomic E-state index is 0.480. The largest absolute Gasteiger partial charge is 0.357 e. The van der Waals surface area contributed by atoms with Gasteiger partial charge in [-0.1, -0.05) is 19.9 Å². The Labute approximate surface area is 183 Å². The topological polar surface area (TPSA) is 55.8 Å². The van der Waals surface area contributed by atoms with Crippen molar-refractivity contribution in [2.45, 2.75) is 59.4 Å². The molecule has 6 nitrogen and oxygen atoms in total. The van der Waals surface area contributed by atoms with E-state index in [0.717, 1.165) is 56.7 Å². The summed E-state index contributed by atoms with van der Waals surface area (Å²) in [4.78, 5) is 14.6. The Kier molecular flexibility index (Phi) is 8.79. The Morgan fingerprint density at radius 1 is 1.20 bits per heavy atom. The third kappa shape index (κ3) is 7.15. The lowest BCUT2D eigenvalue weighted by Gasteiger charge is -2.34. The fourth-order valence-electron chi connectivity index (χ4n) is 4.62. The second kappa shape index (κ2) is 11.5. The Balaban J connectivity index is 1.47. The summed E-state index contributed by atoms with van der Waals surface area (Å²) in [5.74, 6) is 3.52. The minimum atomic E-state index is 0.480. The Morgan fingerprint density at radius 3 is 2.67 bits per heavy atom. The van der Waals surface area contributed by atoms with Crippen molar-refractivity contribution in [2.75, 3.05) is 50.7 Å². The molecule has 30 heavy (non-hydrogen) atoms. The summed E-state index contributed by atoms with van der Waals surface area (Å²) in [6, 6.07) is 4.77. The van der Waals surface area contributed by atoms with Crippen LogP contribution in [0.3, 0.4) is 0 Å². The van der Waals surface area contributed by atoms with Gasteiger partial charge in [-0.3, -0.25) is 4.99 Å². The van der Waals surface area contributed by atoms with Gasteiger partial charge in [-0.2, -0.15) is 0 Å². The van der Waals surface area contributed by atoms with Gasteiger partial charge < -0.3 is 20.4 Å². The first-order chi connectivity index (χ1) is 14.5. The number of nitrogens with one attached hydrogen (secondary N) is 2. The van der Waals surface area contributed by atoms with E-state index in [9.17, 15) is 0 Å². The average Bonchev–Trinajstić information content (AvgIpc) is 2.73. The highest BCUT2D eigenvalue weighted by Crippen LogP contribution is 2.19. The lowest BCUT2D eigenvalue weighted by Crippen LogP contribution is -2.49. The van der Waals surface area contributed by atoms with Crippen LogP contribution < -0.4 is 15.5 Å². The molecular formula is C24H42N6. The molecule has 1 atom stereocenters. The second-order valence-electron chi connectivity index (χ2n) is 9.48. The normalized spacial score (nSPS) is 21.8. The number of hydrogen-bond donors (Lipinski definition) is 2. The molecule has 6 heteroatoms. The van der Waals surface area contributed by atoms with Gasteiger partial charge in [0.05, 0.1) is 0 Å². The van der Waals surface area contributed by atoms with Crippen molar-refractivity contribution in [3.63, 3.8) is 0 Å². The number of likely N-dealkylation sites (tertiary alicyclic amines) is 1. The maximum atomic E-state index is 4.97. The number of hydrogen-bond acceptors (Lipinski definition) is 4. The molecule has 2 saturated heterocycles. The van der Waals surface area contributed by atoms with Crippen LogP contribution in [-0.2, 0) is 0 Å². The number of piperidine rings is 2. The van der Waals surface area contributed by atoms with Crippen LogP contribution in [0.2, 0.25) is 0 Å². The molecule has 2 aliphatic heterocycles. The van der Waals surface area contributed by atoms with Gasteiger partial charge in [0.1, 0.15) is 5.82 Å². The smallest absolute Gasteiger partial charge is 0.191 e. The molecule has 0 aromatic carbocycles. The molecule has 0 bridgehead atoms. The van der Waals surface area contributed by atoms with Crippen LogP contribution >= 0.6 is 0 Å². The van der Waals surface area contributed by atoms with Crippen molar-refractivity contribution >= 4 is 11.8 Å². The molecule has 1 aromatic rings. The van der Waals surface area contributed by atoms with E-state index < -0.39 is 0 Å². The molecule has 3 rings (SSSR count). The first kappa shape index (κ1) is 22.9. The zero-order valence-corrected chi connectivity index (χ0v) is 19.5. The molecule has 2 N–H and O–H groups in total. The molecule has 0 spiro atoms. The van der Waals surface area contributed by atoms with Gasteiger partial charge in [-0.05, 0) is 69.5 Å². The minimum Gasteiger partial charge on any atom is -0.357 e. The van der Waals surface area contributed by atoms with E-state index in [-0.39, 0.29) is 0 Å². The summed E-state index contributed by atoms with van der Waals surface area (Å²) in [5, 5.41) is 7.16. The highest BCUT2D eigenvalue weighted by molar-refractivity contribution is 5.80. The van der Waals surface area contributed by atoms with Gasteiger partial charge in [0.15, 0.2) is 5.96 Å². The van der Waals surface area contributed by atoms with Crippen molar-refractivity contribution in [1.82, 2.24) is 20.5 Å². The molecule has 2 fully saturated rings. The number of aryl methyl sites for hydroxylation is 1. The van der Waals surface area contributed by atoms with Gasteiger partial charge in [-0.15, -0.1) is 0 Å². The maximum Gasteiger partial charge on any atom is 0.191 e. The SMILES string of the molecule is CCNC(=NCC1CCCN(CC(C)C)C1)NC1CCN(c2ccc(C)cn2)CC1. The van der Waals surface area contributed by atoms with E-state index in [1.54, 1.807) is 0 Å². The van der Waals surface area contributed by atoms with Gasteiger partial charge in [-0.25, -0.2) is 4.98 Å². The zero-order valence-electron chi connectivity index (χ0n) is 19.5. The summed E-state index contributed by atoms with van der Waals surface area (Å²) in [5.41, 5.74) is 1.21. The molecule has 0 amide bonds. The van der Waals surface area contributed by atoms with E-state index in [1.165, 1.54) is 38.0 Å². The summed E-state index contributed by atoms with van der Waals surface area (Å²) in [7, 11) is 0. The molecule has 2 aliphatic rings. The summed E-state index contributed by atoms with van der Waals surface area (Å²) >= 11 is 0.